The van der Waals surface area contributed by atoms with E-state index in [2.05, 4.69) is 0 Å². The van der Waals surface area contributed by atoms with Crippen molar-refractivity contribution in [3.8, 4) is 0 Å². The molecule has 0 spiro atoms. The summed E-state index contributed by atoms with van der Waals surface area (Å²) in [5, 5.41) is 36.5. The molecule has 7 nitrogen and oxygen atoms in total. The molecule has 0 aromatic rings. The lowest BCUT2D eigenvalue weighted by Crippen LogP contribution is -2.43. The van der Waals surface area contributed by atoms with Crippen LogP contribution in [0.5, 0.6) is 0 Å². The second-order valence-corrected chi connectivity index (χ2v) is 5.24. The van der Waals surface area contributed by atoms with E-state index in [1.54, 1.807) is 0 Å². The van der Waals surface area contributed by atoms with E-state index in [4.69, 9.17) is 20.0 Å². The summed E-state index contributed by atoms with van der Waals surface area (Å²) in [6.45, 7) is 1.23. The van der Waals surface area contributed by atoms with Gasteiger partial charge in [0.15, 0.2) is 0 Å². The lowest BCUT2D eigenvalue weighted by Gasteiger charge is -2.24. The van der Waals surface area contributed by atoms with E-state index in [0.29, 0.717) is 0 Å². The Hall–Kier alpha value is -0.0100. The SMILES string of the molecule is C[C@H](O)[C@@H](O)[C@H](O)[C@H](O)CCP(=O)(O)O. The van der Waals surface area contributed by atoms with Gasteiger partial charge in [-0.05, 0) is 13.3 Å². The normalized spacial score (nSPS) is 20.7. The molecule has 4 atom stereocenters. The molecule has 15 heavy (non-hydrogen) atoms. The Morgan fingerprint density at radius 2 is 1.53 bits per heavy atom. The minimum absolute atomic E-state index is 0.352. The molecule has 0 radical (unpaired) electrons. The Morgan fingerprint density at radius 1 is 1.07 bits per heavy atom. The van der Waals surface area contributed by atoms with Crippen LogP contribution in [0.1, 0.15) is 13.3 Å². The monoisotopic (exact) mass is 244 g/mol. The van der Waals surface area contributed by atoms with Crippen LogP contribution in [-0.4, -0.2) is 60.8 Å². The topological polar surface area (TPSA) is 138 Å². The fourth-order valence-electron chi connectivity index (χ4n) is 0.984. The third-order valence-electron chi connectivity index (χ3n) is 1.95. The molecule has 0 rings (SSSR count). The van der Waals surface area contributed by atoms with Gasteiger partial charge in [0.05, 0.1) is 18.4 Å². The first kappa shape index (κ1) is 15.0. The Morgan fingerprint density at radius 3 is 1.87 bits per heavy atom. The zero-order chi connectivity index (χ0) is 12.2. The molecule has 0 saturated heterocycles. The van der Waals surface area contributed by atoms with Crippen molar-refractivity contribution >= 4 is 7.60 Å². The van der Waals surface area contributed by atoms with E-state index in [9.17, 15) is 14.8 Å². The molecule has 0 aromatic carbocycles. The van der Waals surface area contributed by atoms with Crippen molar-refractivity contribution in [1.82, 2.24) is 0 Å². The summed E-state index contributed by atoms with van der Waals surface area (Å²) in [5.74, 6) is 0. The Balaban J connectivity index is 4.10. The van der Waals surface area contributed by atoms with Gasteiger partial charge >= 0.3 is 7.60 Å². The van der Waals surface area contributed by atoms with Gasteiger partial charge in [-0.1, -0.05) is 0 Å². The highest BCUT2D eigenvalue weighted by Gasteiger charge is 2.29. The summed E-state index contributed by atoms with van der Waals surface area (Å²) in [4.78, 5) is 17.0. The standard InChI is InChI=1S/C7H17O7P/c1-4(8)6(10)7(11)5(9)2-3-15(12,13)14/h4-11H,2-3H2,1H3,(H2,12,13,14)/t4-,5+,6+,7+/m0/s1. The molecule has 0 aromatic heterocycles. The highest BCUT2D eigenvalue weighted by Crippen LogP contribution is 2.35. The molecule has 0 bridgehead atoms. The van der Waals surface area contributed by atoms with Gasteiger partial charge in [0.1, 0.15) is 12.2 Å². The van der Waals surface area contributed by atoms with Crippen LogP contribution in [0.3, 0.4) is 0 Å². The van der Waals surface area contributed by atoms with Gasteiger partial charge in [-0.25, -0.2) is 0 Å². The minimum atomic E-state index is -4.23. The lowest BCUT2D eigenvalue weighted by atomic mass is 10.0. The van der Waals surface area contributed by atoms with Crippen LogP contribution in [0.25, 0.3) is 0 Å². The summed E-state index contributed by atoms with van der Waals surface area (Å²) in [7, 11) is -4.23. The van der Waals surface area contributed by atoms with Gasteiger partial charge in [-0.15, -0.1) is 0 Å². The highest BCUT2D eigenvalue weighted by molar-refractivity contribution is 7.51. The van der Waals surface area contributed by atoms with Crippen molar-refractivity contribution in [1.29, 1.82) is 0 Å². The van der Waals surface area contributed by atoms with Crippen LogP contribution in [-0.2, 0) is 4.57 Å². The zero-order valence-corrected chi connectivity index (χ0v) is 9.16. The Bertz CT molecular complexity index is 225. The Labute approximate surface area is 87.2 Å². The van der Waals surface area contributed by atoms with Crippen molar-refractivity contribution in [2.75, 3.05) is 6.16 Å². The molecule has 0 heterocycles. The molecular formula is C7H17O7P. The fourth-order valence-corrected chi connectivity index (χ4v) is 1.59. The predicted molar refractivity (Wildman–Crippen MR) is 51.2 cm³/mol. The molecule has 0 aliphatic carbocycles. The van der Waals surface area contributed by atoms with Gasteiger partial charge in [0, 0.05) is 0 Å². The minimum Gasteiger partial charge on any atom is -0.391 e. The molecular weight excluding hydrogens is 227 g/mol. The largest absolute Gasteiger partial charge is 0.391 e. The predicted octanol–water partition coefficient (Wildman–Crippen LogP) is -1.98. The number of hydrogen-bond donors (Lipinski definition) is 6. The van der Waals surface area contributed by atoms with Crippen molar-refractivity contribution in [2.24, 2.45) is 0 Å². The second kappa shape index (κ2) is 5.91. The van der Waals surface area contributed by atoms with E-state index in [1.165, 1.54) is 6.92 Å². The van der Waals surface area contributed by atoms with E-state index < -0.39 is 38.2 Å². The molecule has 8 heteroatoms. The highest BCUT2D eigenvalue weighted by atomic mass is 31.2. The van der Waals surface area contributed by atoms with Gasteiger partial charge < -0.3 is 30.2 Å². The maximum Gasteiger partial charge on any atom is 0.325 e. The Kier molecular flexibility index (Phi) is 5.90. The molecule has 0 aliphatic rings. The molecule has 92 valence electrons. The van der Waals surface area contributed by atoms with Crippen LogP contribution >= 0.6 is 7.60 Å². The second-order valence-electron chi connectivity index (χ2n) is 3.47. The first-order valence-corrected chi connectivity index (χ1v) is 6.21. The average Bonchev–Trinajstić information content (AvgIpc) is 2.10. The molecule has 0 fully saturated rings. The van der Waals surface area contributed by atoms with Gasteiger partial charge in [0.2, 0.25) is 0 Å². The first-order chi connectivity index (χ1) is 6.65. The van der Waals surface area contributed by atoms with Gasteiger partial charge in [0.25, 0.3) is 0 Å². The van der Waals surface area contributed by atoms with Crippen LogP contribution in [0.4, 0.5) is 0 Å². The van der Waals surface area contributed by atoms with Crippen LogP contribution in [0.15, 0.2) is 0 Å². The van der Waals surface area contributed by atoms with Crippen molar-refractivity contribution in [3.05, 3.63) is 0 Å². The number of hydrogen-bond acceptors (Lipinski definition) is 5. The smallest absolute Gasteiger partial charge is 0.325 e. The summed E-state index contributed by atoms with van der Waals surface area (Å²) < 4.78 is 10.5. The fraction of sp³-hybridized carbons (Fsp3) is 1.00. The first-order valence-electron chi connectivity index (χ1n) is 4.42. The number of rotatable bonds is 6. The molecule has 0 amide bonds. The van der Waals surface area contributed by atoms with E-state index in [0.717, 1.165) is 0 Å². The maximum atomic E-state index is 10.5. The van der Waals surface area contributed by atoms with E-state index >= 15 is 0 Å². The quantitative estimate of drug-likeness (QED) is 0.297. The van der Waals surface area contributed by atoms with Crippen molar-refractivity contribution in [2.45, 2.75) is 37.8 Å². The van der Waals surface area contributed by atoms with E-state index in [1.807, 2.05) is 0 Å². The van der Waals surface area contributed by atoms with Crippen LogP contribution in [0.2, 0.25) is 0 Å². The van der Waals surface area contributed by atoms with Crippen molar-refractivity contribution in [3.63, 3.8) is 0 Å². The summed E-state index contributed by atoms with van der Waals surface area (Å²) >= 11 is 0. The van der Waals surface area contributed by atoms with E-state index in [-0.39, 0.29) is 6.42 Å². The molecule has 0 saturated carbocycles. The van der Waals surface area contributed by atoms with Crippen LogP contribution < -0.4 is 0 Å². The molecule has 0 aliphatic heterocycles. The van der Waals surface area contributed by atoms with Gasteiger partial charge in [-0.3, -0.25) is 4.57 Å². The lowest BCUT2D eigenvalue weighted by molar-refractivity contribution is -0.100. The average molecular weight is 244 g/mol. The summed E-state index contributed by atoms with van der Waals surface area (Å²) in [6.07, 6.45) is -6.83. The third kappa shape index (κ3) is 6.21. The third-order valence-corrected chi connectivity index (χ3v) is 2.80. The summed E-state index contributed by atoms with van der Waals surface area (Å²) in [6, 6.07) is 0. The number of aliphatic hydroxyl groups is 4. The maximum absolute atomic E-state index is 10.5. The molecule has 6 N–H and O–H groups in total. The van der Waals surface area contributed by atoms with Gasteiger partial charge in [-0.2, -0.15) is 0 Å². The molecule has 0 unspecified atom stereocenters. The van der Waals surface area contributed by atoms with Crippen LogP contribution in [0, 0.1) is 0 Å². The summed E-state index contributed by atoms with van der Waals surface area (Å²) in [5.41, 5.74) is 0. The van der Waals surface area contributed by atoms with Crippen molar-refractivity contribution < 1.29 is 34.8 Å². The zero-order valence-electron chi connectivity index (χ0n) is 8.26. The number of aliphatic hydroxyl groups excluding tert-OH is 4.